The van der Waals surface area contributed by atoms with E-state index in [0.717, 1.165) is 19.3 Å². The average molecular weight is 278 g/mol. The molecular weight excluding hydrogens is 256 g/mol. The van der Waals surface area contributed by atoms with Gasteiger partial charge in [0.15, 0.2) is 0 Å². The fraction of sp³-hybridized carbons (Fsp3) is 0.350. The lowest BCUT2D eigenvalue weighted by atomic mass is 9.80. The summed E-state index contributed by atoms with van der Waals surface area (Å²) in [5.41, 5.74) is 6.48. The van der Waals surface area contributed by atoms with Gasteiger partial charge < -0.3 is 0 Å². The Morgan fingerprint density at radius 2 is 1.67 bits per heavy atom. The summed E-state index contributed by atoms with van der Waals surface area (Å²) in [5, 5.41) is 0. The van der Waals surface area contributed by atoms with Crippen LogP contribution in [0.5, 0.6) is 0 Å². The van der Waals surface area contributed by atoms with E-state index in [0.29, 0.717) is 12.2 Å². The van der Waals surface area contributed by atoms with Gasteiger partial charge in [0, 0.05) is 12.3 Å². The van der Waals surface area contributed by atoms with Crippen LogP contribution in [-0.4, -0.2) is 5.78 Å². The Kier molecular flexibility index (Phi) is 3.92. The van der Waals surface area contributed by atoms with Gasteiger partial charge in [-0.1, -0.05) is 42.5 Å². The molecule has 3 rings (SSSR count). The van der Waals surface area contributed by atoms with Crippen molar-refractivity contribution in [2.24, 2.45) is 5.92 Å². The van der Waals surface area contributed by atoms with Crippen LogP contribution in [0.2, 0.25) is 0 Å². The number of carbonyl (C=O) groups is 1. The van der Waals surface area contributed by atoms with Gasteiger partial charge in [-0.25, -0.2) is 0 Å². The van der Waals surface area contributed by atoms with Crippen molar-refractivity contribution in [1.29, 1.82) is 0 Å². The van der Waals surface area contributed by atoms with Gasteiger partial charge in [-0.05, 0) is 60.9 Å². The number of ketones is 1. The van der Waals surface area contributed by atoms with Crippen LogP contribution in [0, 0.1) is 19.8 Å². The molecule has 108 valence electrons. The number of carbonyl (C=O) groups excluding carboxylic acids is 1. The molecule has 0 heterocycles. The van der Waals surface area contributed by atoms with Crippen LogP contribution in [0.15, 0.2) is 42.5 Å². The lowest BCUT2D eigenvalue weighted by Gasteiger charge is -2.24. The summed E-state index contributed by atoms with van der Waals surface area (Å²) in [4.78, 5) is 12.7. The second kappa shape index (κ2) is 5.85. The maximum atomic E-state index is 12.7. The Hall–Kier alpha value is -1.89. The van der Waals surface area contributed by atoms with Crippen molar-refractivity contribution in [3.63, 3.8) is 0 Å². The molecule has 0 aliphatic heterocycles. The minimum atomic E-state index is 0.193. The molecule has 0 N–H and O–H groups in total. The average Bonchev–Trinajstić information content (AvgIpc) is 2.50. The normalized spacial score (nSPS) is 17.3. The summed E-state index contributed by atoms with van der Waals surface area (Å²) in [5.74, 6) is 0.598. The van der Waals surface area contributed by atoms with Crippen LogP contribution in [0.1, 0.15) is 34.2 Å². The Balaban J connectivity index is 1.76. The first-order valence-electron chi connectivity index (χ1n) is 7.79. The fourth-order valence-corrected chi connectivity index (χ4v) is 3.42. The fourth-order valence-electron chi connectivity index (χ4n) is 3.42. The molecule has 0 aromatic heterocycles. The van der Waals surface area contributed by atoms with E-state index in [1.54, 1.807) is 0 Å². The largest absolute Gasteiger partial charge is 0.299 e. The van der Waals surface area contributed by atoms with E-state index in [9.17, 15) is 4.79 Å². The smallest absolute Gasteiger partial charge is 0.140 e. The van der Waals surface area contributed by atoms with Gasteiger partial charge in [-0.2, -0.15) is 0 Å². The molecular formula is C20H22O. The standard InChI is InChI=1S/C20H22O/c1-14-6-5-7-15(2)19(14)13-20(21)18-11-10-16-8-3-4-9-17(16)12-18/h3-9,18H,10-13H2,1-2H3. The van der Waals surface area contributed by atoms with Crippen molar-refractivity contribution < 1.29 is 4.79 Å². The minimum Gasteiger partial charge on any atom is -0.299 e. The van der Waals surface area contributed by atoms with Gasteiger partial charge in [0.05, 0.1) is 0 Å². The van der Waals surface area contributed by atoms with E-state index >= 15 is 0 Å². The second-order valence-electron chi connectivity index (χ2n) is 6.22. The van der Waals surface area contributed by atoms with E-state index in [1.807, 2.05) is 0 Å². The highest BCUT2D eigenvalue weighted by molar-refractivity contribution is 5.84. The van der Waals surface area contributed by atoms with Crippen LogP contribution in [0.3, 0.4) is 0 Å². The van der Waals surface area contributed by atoms with Crippen LogP contribution >= 0.6 is 0 Å². The van der Waals surface area contributed by atoms with Crippen LogP contribution < -0.4 is 0 Å². The van der Waals surface area contributed by atoms with E-state index in [2.05, 4.69) is 56.3 Å². The van der Waals surface area contributed by atoms with E-state index < -0.39 is 0 Å². The number of benzene rings is 2. The Morgan fingerprint density at radius 1 is 1.00 bits per heavy atom. The lowest BCUT2D eigenvalue weighted by Crippen LogP contribution is -2.24. The highest BCUT2D eigenvalue weighted by Crippen LogP contribution is 2.27. The number of aryl methyl sites for hydroxylation is 3. The molecule has 0 saturated carbocycles. The molecule has 1 heteroatoms. The van der Waals surface area contributed by atoms with Crippen molar-refractivity contribution in [3.8, 4) is 0 Å². The second-order valence-corrected chi connectivity index (χ2v) is 6.22. The quantitative estimate of drug-likeness (QED) is 0.821. The minimum absolute atomic E-state index is 0.193. The van der Waals surface area contributed by atoms with Gasteiger partial charge in [0.2, 0.25) is 0 Å². The molecule has 0 bridgehead atoms. The Morgan fingerprint density at radius 3 is 2.38 bits per heavy atom. The number of Topliss-reactive ketones (excluding diaryl/α,β-unsaturated/α-hetero) is 1. The zero-order valence-corrected chi connectivity index (χ0v) is 12.9. The van der Waals surface area contributed by atoms with Crippen LogP contribution in [0.4, 0.5) is 0 Å². The monoisotopic (exact) mass is 278 g/mol. The first kappa shape index (κ1) is 14.1. The van der Waals surface area contributed by atoms with Crippen molar-refractivity contribution in [2.45, 2.75) is 39.5 Å². The molecule has 1 aliphatic carbocycles. The van der Waals surface area contributed by atoms with Crippen LogP contribution in [-0.2, 0) is 24.1 Å². The predicted octanol–water partition coefficient (Wildman–Crippen LogP) is 4.22. The molecule has 1 atom stereocenters. The van der Waals surface area contributed by atoms with E-state index in [1.165, 1.54) is 27.8 Å². The molecule has 0 spiro atoms. The third-order valence-electron chi connectivity index (χ3n) is 4.80. The zero-order chi connectivity index (χ0) is 14.8. The number of hydrogen-bond acceptors (Lipinski definition) is 1. The van der Waals surface area contributed by atoms with E-state index in [4.69, 9.17) is 0 Å². The number of hydrogen-bond donors (Lipinski definition) is 0. The SMILES string of the molecule is Cc1cccc(C)c1CC(=O)C1CCc2ccccc2C1. The molecule has 2 aromatic carbocycles. The topological polar surface area (TPSA) is 17.1 Å². The van der Waals surface area contributed by atoms with Gasteiger partial charge >= 0.3 is 0 Å². The van der Waals surface area contributed by atoms with Gasteiger partial charge in [-0.15, -0.1) is 0 Å². The first-order chi connectivity index (χ1) is 10.1. The Bertz CT molecular complexity index is 649. The molecule has 1 unspecified atom stereocenters. The third-order valence-corrected chi connectivity index (χ3v) is 4.80. The molecule has 2 aromatic rings. The predicted molar refractivity (Wildman–Crippen MR) is 86.6 cm³/mol. The molecule has 1 nitrogen and oxygen atoms in total. The van der Waals surface area contributed by atoms with Crippen molar-refractivity contribution in [2.75, 3.05) is 0 Å². The van der Waals surface area contributed by atoms with Crippen molar-refractivity contribution in [3.05, 3.63) is 70.3 Å². The summed E-state index contributed by atoms with van der Waals surface area (Å²) in [6.45, 7) is 4.21. The zero-order valence-electron chi connectivity index (χ0n) is 12.9. The van der Waals surface area contributed by atoms with Crippen LogP contribution in [0.25, 0.3) is 0 Å². The molecule has 0 radical (unpaired) electrons. The van der Waals surface area contributed by atoms with Gasteiger partial charge in [-0.3, -0.25) is 4.79 Å². The molecule has 0 amide bonds. The molecule has 21 heavy (non-hydrogen) atoms. The molecule has 1 aliphatic rings. The molecule has 0 saturated heterocycles. The lowest BCUT2D eigenvalue weighted by molar-refractivity contribution is -0.122. The molecule has 0 fully saturated rings. The van der Waals surface area contributed by atoms with Gasteiger partial charge in [0.25, 0.3) is 0 Å². The van der Waals surface area contributed by atoms with Crippen molar-refractivity contribution in [1.82, 2.24) is 0 Å². The summed E-state index contributed by atoms with van der Waals surface area (Å²) < 4.78 is 0. The first-order valence-corrected chi connectivity index (χ1v) is 7.79. The summed E-state index contributed by atoms with van der Waals surface area (Å²) in [7, 11) is 0. The summed E-state index contributed by atoms with van der Waals surface area (Å²) >= 11 is 0. The summed E-state index contributed by atoms with van der Waals surface area (Å²) in [6.07, 6.45) is 3.55. The Labute approximate surface area is 127 Å². The van der Waals surface area contributed by atoms with E-state index in [-0.39, 0.29) is 5.92 Å². The number of rotatable bonds is 3. The summed E-state index contributed by atoms with van der Waals surface area (Å²) in [6, 6.07) is 14.8. The van der Waals surface area contributed by atoms with Gasteiger partial charge in [0.1, 0.15) is 5.78 Å². The number of fused-ring (bicyclic) bond motifs is 1. The maximum absolute atomic E-state index is 12.7. The van der Waals surface area contributed by atoms with Crippen molar-refractivity contribution >= 4 is 5.78 Å². The third kappa shape index (κ3) is 2.92. The highest BCUT2D eigenvalue weighted by atomic mass is 16.1. The highest BCUT2D eigenvalue weighted by Gasteiger charge is 2.24. The maximum Gasteiger partial charge on any atom is 0.140 e.